The van der Waals surface area contributed by atoms with Crippen LogP contribution in [0.25, 0.3) is 77.5 Å². The average molecular weight is 691 g/mol. The Morgan fingerprint density at radius 3 is 1.59 bits per heavy atom. The number of hydrogen-bond donors (Lipinski definition) is 0. The van der Waals surface area contributed by atoms with Gasteiger partial charge in [-0.2, -0.15) is 0 Å². The molecular formula is C51H34N2O. The predicted octanol–water partition coefficient (Wildman–Crippen LogP) is 14.3. The van der Waals surface area contributed by atoms with Crippen molar-refractivity contribution in [3.05, 3.63) is 206 Å². The number of anilines is 3. The third-order valence-corrected chi connectivity index (χ3v) is 10.3. The molecular weight excluding hydrogens is 657 g/mol. The van der Waals surface area contributed by atoms with Crippen LogP contribution in [-0.2, 0) is 0 Å². The molecule has 0 aliphatic carbocycles. The van der Waals surface area contributed by atoms with Crippen LogP contribution < -0.4 is 4.90 Å². The van der Waals surface area contributed by atoms with Crippen molar-refractivity contribution >= 4 is 49.7 Å². The molecule has 254 valence electrons. The number of rotatable bonds is 7. The fourth-order valence-electron chi connectivity index (χ4n) is 7.56. The maximum absolute atomic E-state index is 6.45. The highest BCUT2D eigenvalue weighted by molar-refractivity contribution is 6.07. The van der Waals surface area contributed by atoms with E-state index in [2.05, 4.69) is 205 Å². The van der Waals surface area contributed by atoms with Crippen LogP contribution in [0.3, 0.4) is 0 Å². The molecule has 1 heterocycles. The quantitative estimate of drug-likeness (QED) is 0.167. The van der Waals surface area contributed by atoms with E-state index in [4.69, 9.17) is 9.40 Å². The summed E-state index contributed by atoms with van der Waals surface area (Å²) in [7, 11) is 0. The number of nitrogens with zero attached hydrogens (tertiary/aromatic N) is 2. The molecule has 0 unspecified atom stereocenters. The summed E-state index contributed by atoms with van der Waals surface area (Å²) in [5.41, 5.74) is 13.1. The van der Waals surface area contributed by atoms with Crippen molar-refractivity contribution in [3.63, 3.8) is 0 Å². The van der Waals surface area contributed by atoms with E-state index in [1.54, 1.807) is 0 Å². The maximum Gasteiger partial charge on any atom is 0.227 e. The van der Waals surface area contributed by atoms with E-state index in [0.717, 1.165) is 50.1 Å². The Kier molecular flexibility index (Phi) is 7.81. The van der Waals surface area contributed by atoms with E-state index in [0.29, 0.717) is 5.89 Å². The molecule has 0 aliphatic rings. The van der Waals surface area contributed by atoms with Crippen LogP contribution in [0.5, 0.6) is 0 Å². The van der Waals surface area contributed by atoms with Crippen molar-refractivity contribution < 1.29 is 4.42 Å². The molecule has 10 aromatic rings. The summed E-state index contributed by atoms with van der Waals surface area (Å²) >= 11 is 0. The Morgan fingerprint density at radius 2 is 0.889 bits per heavy atom. The minimum Gasteiger partial charge on any atom is -0.435 e. The molecule has 0 bridgehead atoms. The van der Waals surface area contributed by atoms with Crippen molar-refractivity contribution in [2.24, 2.45) is 0 Å². The summed E-state index contributed by atoms with van der Waals surface area (Å²) in [6, 6.07) is 72.9. The molecule has 0 fully saturated rings. The van der Waals surface area contributed by atoms with Crippen molar-refractivity contribution in [3.8, 4) is 44.8 Å². The number of benzene rings is 9. The van der Waals surface area contributed by atoms with Gasteiger partial charge in [-0.05, 0) is 116 Å². The fraction of sp³-hybridized carbons (Fsp3) is 0. The number of aromatic nitrogens is 1. The molecule has 54 heavy (non-hydrogen) atoms. The summed E-state index contributed by atoms with van der Waals surface area (Å²) in [4.78, 5) is 7.20. The lowest BCUT2D eigenvalue weighted by Gasteiger charge is -2.26. The standard InChI is InChI=1S/C51H34N2O/c1-4-11-35(12-5-1)37-19-21-39(22-20-37)51-52-49-32-26-42-33-41(25-30-48(42)50(49)54-51)46-18-10-15-40-34-45(29-31-47(40)46)53(43-16-8-3-9-17-43)44-27-23-38(24-28-44)36-13-6-2-7-14-36/h1-34H. The van der Waals surface area contributed by atoms with Crippen LogP contribution in [-0.4, -0.2) is 4.98 Å². The van der Waals surface area contributed by atoms with Gasteiger partial charge in [0.2, 0.25) is 5.89 Å². The van der Waals surface area contributed by atoms with Crippen molar-refractivity contribution in [2.45, 2.75) is 0 Å². The molecule has 0 saturated carbocycles. The minimum atomic E-state index is 0.628. The molecule has 3 nitrogen and oxygen atoms in total. The summed E-state index contributed by atoms with van der Waals surface area (Å²) in [5, 5.41) is 4.55. The third-order valence-electron chi connectivity index (χ3n) is 10.3. The van der Waals surface area contributed by atoms with Gasteiger partial charge in [-0.3, -0.25) is 0 Å². The van der Waals surface area contributed by atoms with Gasteiger partial charge in [0.25, 0.3) is 0 Å². The van der Waals surface area contributed by atoms with Gasteiger partial charge in [0.05, 0.1) is 0 Å². The van der Waals surface area contributed by atoms with Crippen molar-refractivity contribution in [2.75, 3.05) is 4.90 Å². The lowest BCUT2D eigenvalue weighted by atomic mass is 9.95. The number of oxazole rings is 1. The second-order valence-electron chi connectivity index (χ2n) is 13.6. The van der Waals surface area contributed by atoms with E-state index in [1.165, 1.54) is 38.6 Å². The Balaban J connectivity index is 0.988. The summed E-state index contributed by atoms with van der Waals surface area (Å²) < 4.78 is 6.45. The first kappa shape index (κ1) is 31.5. The van der Waals surface area contributed by atoms with Gasteiger partial charge in [-0.1, -0.05) is 140 Å². The molecule has 0 atom stereocenters. The second-order valence-corrected chi connectivity index (χ2v) is 13.6. The smallest absolute Gasteiger partial charge is 0.227 e. The molecule has 0 saturated heterocycles. The Bertz CT molecular complexity index is 2900. The normalized spacial score (nSPS) is 11.3. The minimum absolute atomic E-state index is 0.628. The van der Waals surface area contributed by atoms with Crippen molar-refractivity contribution in [1.82, 2.24) is 4.98 Å². The largest absolute Gasteiger partial charge is 0.435 e. The van der Waals surface area contributed by atoms with Gasteiger partial charge in [0.15, 0.2) is 5.58 Å². The Labute approximate surface area is 314 Å². The fourth-order valence-corrected chi connectivity index (χ4v) is 7.56. The third kappa shape index (κ3) is 5.78. The molecule has 9 aromatic carbocycles. The van der Waals surface area contributed by atoms with Crippen LogP contribution >= 0.6 is 0 Å². The summed E-state index contributed by atoms with van der Waals surface area (Å²) in [5.74, 6) is 0.628. The monoisotopic (exact) mass is 690 g/mol. The lowest BCUT2D eigenvalue weighted by Crippen LogP contribution is -2.09. The van der Waals surface area contributed by atoms with Gasteiger partial charge in [0.1, 0.15) is 5.52 Å². The van der Waals surface area contributed by atoms with Crippen molar-refractivity contribution in [1.29, 1.82) is 0 Å². The zero-order valence-corrected chi connectivity index (χ0v) is 29.4. The van der Waals surface area contributed by atoms with E-state index < -0.39 is 0 Å². The van der Waals surface area contributed by atoms with Gasteiger partial charge >= 0.3 is 0 Å². The SMILES string of the molecule is c1ccc(-c2ccc(-c3nc4ccc5cc(-c6cccc7cc(N(c8ccccc8)c8ccc(-c9ccccc9)cc8)ccc67)ccc5c4o3)cc2)cc1. The number of hydrogen-bond acceptors (Lipinski definition) is 3. The molecule has 1 aromatic heterocycles. The Hall–Kier alpha value is -7.23. The summed E-state index contributed by atoms with van der Waals surface area (Å²) in [6.07, 6.45) is 0. The zero-order chi connectivity index (χ0) is 35.8. The highest BCUT2D eigenvalue weighted by atomic mass is 16.3. The van der Waals surface area contributed by atoms with E-state index in [1.807, 2.05) is 6.07 Å². The topological polar surface area (TPSA) is 29.3 Å². The van der Waals surface area contributed by atoms with Crippen LogP contribution in [0.15, 0.2) is 211 Å². The number of fused-ring (bicyclic) bond motifs is 4. The first-order chi connectivity index (χ1) is 26.7. The zero-order valence-electron chi connectivity index (χ0n) is 29.4. The second kappa shape index (κ2) is 13.4. The number of para-hydroxylation sites is 1. The van der Waals surface area contributed by atoms with Crippen LogP contribution in [0.1, 0.15) is 0 Å². The molecule has 0 N–H and O–H groups in total. The predicted molar refractivity (Wildman–Crippen MR) is 225 cm³/mol. The maximum atomic E-state index is 6.45. The molecule has 0 radical (unpaired) electrons. The van der Waals surface area contributed by atoms with E-state index in [-0.39, 0.29) is 0 Å². The molecule has 0 spiro atoms. The van der Waals surface area contributed by atoms with Gasteiger partial charge < -0.3 is 9.32 Å². The molecule has 0 aliphatic heterocycles. The van der Waals surface area contributed by atoms with Crippen LogP contribution in [0.4, 0.5) is 17.1 Å². The van der Waals surface area contributed by atoms with E-state index >= 15 is 0 Å². The Morgan fingerprint density at radius 1 is 0.352 bits per heavy atom. The van der Waals surface area contributed by atoms with Gasteiger partial charge in [-0.15, -0.1) is 0 Å². The van der Waals surface area contributed by atoms with Crippen LogP contribution in [0.2, 0.25) is 0 Å². The first-order valence-corrected chi connectivity index (χ1v) is 18.3. The van der Waals surface area contributed by atoms with Gasteiger partial charge in [-0.25, -0.2) is 4.98 Å². The lowest BCUT2D eigenvalue weighted by molar-refractivity contribution is 0.623. The highest BCUT2D eigenvalue weighted by Gasteiger charge is 2.16. The average Bonchev–Trinajstić information content (AvgIpc) is 3.70. The van der Waals surface area contributed by atoms with Gasteiger partial charge in [0, 0.05) is 28.0 Å². The molecule has 3 heteroatoms. The highest BCUT2D eigenvalue weighted by Crippen LogP contribution is 2.40. The first-order valence-electron chi connectivity index (χ1n) is 18.3. The van der Waals surface area contributed by atoms with E-state index in [9.17, 15) is 0 Å². The summed E-state index contributed by atoms with van der Waals surface area (Å²) in [6.45, 7) is 0. The molecule has 0 amide bonds. The molecule has 10 rings (SSSR count). The van der Waals surface area contributed by atoms with Crippen LogP contribution in [0, 0.1) is 0 Å².